The van der Waals surface area contributed by atoms with E-state index < -0.39 is 23.7 Å². The van der Waals surface area contributed by atoms with E-state index in [0.717, 1.165) is 36.6 Å². The molecule has 0 radical (unpaired) electrons. The average Bonchev–Trinajstić information content (AvgIpc) is 3.15. The normalized spacial score (nSPS) is 23.4. The lowest BCUT2D eigenvalue weighted by molar-refractivity contribution is -0.206. The van der Waals surface area contributed by atoms with Crippen LogP contribution < -0.4 is 5.43 Å². The van der Waals surface area contributed by atoms with Gasteiger partial charge >= 0.3 is 12.1 Å². The highest BCUT2D eigenvalue weighted by Gasteiger charge is 2.45. The van der Waals surface area contributed by atoms with E-state index in [0.29, 0.717) is 12.8 Å². The number of piperidine rings is 1. The van der Waals surface area contributed by atoms with E-state index in [-0.39, 0.29) is 24.9 Å². The van der Waals surface area contributed by atoms with Crippen molar-refractivity contribution in [3.8, 4) is 6.07 Å². The maximum Gasteiger partial charge on any atom is 0.491 e. The van der Waals surface area contributed by atoms with Crippen molar-refractivity contribution in [1.82, 2.24) is 20.4 Å². The van der Waals surface area contributed by atoms with Gasteiger partial charge in [0.05, 0.1) is 6.07 Å². The molecule has 0 saturated carbocycles. The molecule has 176 valence electrons. The molecule has 12 heteroatoms. The second-order valence-corrected chi connectivity index (χ2v) is 8.72. The van der Waals surface area contributed by atoms with Gasteiger partial charge in [-0.05, 0) is 31.5 Å². The summed E-state index contributed by atoms with van der Waals surface area (Å²) in [7, 11) is 0. The number of carbonyl (C=O) groups excluding carboxylic acids is 1. The molecule has 2 aliphatic rings. The van der Waals surface area contributed by atoms with Crippen molar-refractivity contribution in [3.63, 3.8) is 0 Å². The van der Waals surface area contributed by atoms with Crippen LogP contribution in [0.2, 0.25) is 0 Å². The fourth-order valence-electron chi connectivity index (χ4n) is 3.72. The molecule has 2 fully saturated rings. The molecule has 2 heterocycles. The monoisotopic (exact) mass is 472 g/mol. The summed E-state index contributed by atoms with van der Waals surface area (Å²) in [6, 6.07) is 11.2. The summed E-state index contributed by atoms with van der Waals surface area (Å²) in [5.41, 5.74) is 2.74. The maximum atomic E-state index is 12.5. The Morgan fingerprint density at radius 3 is 2.62 bits per heavy atom. The second-order valence-electron chi connectivity index (χ2n) is 7.65. The zero-order valence-electron chi connectivity index (χ0n) is 17.3. The van der Waals surface area contributed by atoms with Crippen LogP contribution in [0.15, 0.2) is 30.3 Å². The van der Waals surface area contributed by atoms with Gasteiger partial charge in [0.2, 0.25) is 5.56 Å². The van der Waals surface area contributed by atoms with E-state index >= 15 is 0 Å². The standard InChI is InChI=1S/C20H25F3N5O3S/c21-20(22,23)18(29)31-19-27(17(12-24)14-32-19)11-8-25-28(30)16-6-9-26(10-7-16)13-15-4-2-1-3-5-15/h1-5,16-17,19,25H,6-11,13-14H2/q-1. The van der Waals surface area contributed by atoms with Gasteiger partial charge in [-0.2, -0.15) is 18.4 Å². The molecule has 3 rings (SSSR count). The number of hydrazine groups is 1. The van der Waals surface area contributed by atoms with Gasteiger partial charge in [-0.25, -0.2) is 9.69 Å². The number of thioether (sulfide) groups is 1. The lowest BCUT2D eigenvalue weighted by Crippen LogP contribution is -2.50. The van der Waals surface area contributed by atoms with Gasteiger partial charge in [0.1, 0.15) is 6.04 Å². The van der Waals surface area contributed by atoms with E-state index in [2.05, 4.69) is 27.2 Å². The quantitative estimate of drug-likeness (QED) is 0.452. The summed E-state index contributed by atoms with van der Waals surface area (Å²) < 4.78 is 42.0. The summed E-state index contributed by atoms with van der Waals surface area (Å²) in [4.78, 5) is 14.8. The number of hydrogen-bond donors (Lipinski definition) is 1. The SMILES string of the molecule is N#CC1CSC(OC(=O)C(F)(F)F)N1CCNN([O-])C1CCN(Cc2ccccc2)CC1. The number of likely N-dealkylation sites (tertiary alicyclic amines) is 1. The van der Waals surface area contributed by atoms with Crippen LogP contribution in [-0.2, 0) is 16.1 Å². The molecule has 32 heavy (non-hydrogen) atoms. The molecule has 0 spiro atoms. The Morgan fingerprint density at radius 1 is 1.31 bits per heavy atom. The molecule has 1 N–H and O–H groups in total. The van der Waals surface area contributed by atoms with Crippen LogP contribution in [0.25, 0.3) is 0 Å². The highest BCUT2D eigenvalue weighted by molar-refractivity contribution is 8.00. The molecule has 0 amide bonds. The first kappa shape index (κ1) is 24.8. The van der Waals surface area contributed by atoms with Crippen LogP contribution in [-0.4, -0.2) is 76.7 Å². The molecule has 2 atom stereocenters. The number of carbonyl (C=O) groups is 1. The number of halogens is 3. The smallest absolute Gasteiger partial charge is 0.491 e. The number of hydroxylamine groups is 1. The van der Waals surface area contributed by atoms with Gasteiger partial charge in [0.15, 0.2) is 0 Å². The third kappa shape index (κ3) is 6.81. The van der Waals surface area contributed by atoms with Gasteiger partial charge in [-0.1, -0.05) is 42.1 Å². The Morgan fingerprint density at radius 2 is 2.00 bits per heavy atom. The number of nitrogens with zero attached hydrogens (tertiary/aromatic N) is 4. The summed E-state index contributed by atoms with van der Waals surface area (Å²) >= 11 is 0.951. The molecule has 0 aromatic heterocycles. The zero-order chi connectivity index (χ0) is 23.1. The largest absolute Gasteiger partial charge is 0.771 e. The Labute approximate surface area is 188 Å². The van der Waals surface area contributed by atoms with E-state index in [1.54, 1.807) is 0 Å². The topological polar surface area (TPSA) is 94.9 Å². The predicted octanol–water partition coefficient (Wildman–Crippen LogP) is 2.29. The van der Waals surface area contributed by atoms with Crippen molar-refractivity contribution >= 4 is 17.7 Å². The molecule has 0 bridgehead atoms. The third-order valence-electron chi connectivity index (χ3n) is 5.43. The van der Waals surface area contributed by atoms with Gasteiger partial charge in [-0.3, -0.25) is 10.3 Å². The van der Waals surface area contributed by atoms with Crippen LogP contribution in [0.1, 0.15) is 18.4 Å². The lowest BCUT2D eigenvalue weighted by Gasteiger charge is -2.42. The van der Waals surface area contributed by atoms with Crippen molar-refractivity contribution in [2.75, 3.05) is 31.9 Å². The Balaban J connectivity index is 1.41. The minimum Gasteiger partial charge on any atom is -0.771 e. The molecule has 2 unspecified atom stereocenters. The van der Waals surface area contributed by atoms with Crippen molar-refractivity contribution < 1.29 is 22.7 Å². The number of hydrogen-bond acceptors (Lipinski definition) is 9. The van der Waals surface area contributed by atoms with Gasteiger partial charge < -0.3 is 15.1 Å². The number of nitrogens with one attached hydrogen (secondary N) is 1. The molecule has 0 aliphatic carbocycles. The predicted molar refractivity (Wildman–Crippen MR) is 112 cm³/mol. The first-order valence-electron chi connectivity index (χ1n) is 10.3. The van der Waals surface area contributed by atoms with E-state index in [9.17, 15) is 28.4 Å². The molecule has 2 saturated heterocycles. The zero-order valence-corrected chi connectivity index (χ0v) is 18.1. The van der Waals surface area contributed by atoms with E-state index in [4.69, 9.17) is 0 Å². The number of esters is 1. The fraction of sp³-hybridized carbons (Fsp3) is 0.600. The number of benzene rings is 1. The summed E-state index contributed by atoms with van der Waals surface area (Å²) in [6.07, 6.45) is -3.72. The summed E-state index contributed by atoms with van der Waals surface area (Å²) in [5.74, 6) is -2.08. The first-order chi connectivity index (χ1) is 15.3. The van der Waals surface area contributed by atoms with Crippen LogP contribution in [0.4, 0.5) is 13.2 Å². The maximum absolute atomic E-state index is 12.5. The van der Waals surface area contributed by atoms with Crippen molar-refractivity contribution in [3.05, 3.63) is 41.1 Å². The highest BCUT2D eigenvalue weighted by atomic mass is 32.2. The van der Waals surface area contributed by atoms with Crippen LogP contribution in [0.5, 0.6) is 0 Å². The summed E-state index contributed by atoms with van der Waals surface area (Å²) in [6.45, 7) is 2.61. The lowest BCUT2D eigenvalue weighted by atomic mass is 10.0. The molecule has 1 aromatic carbocycles. The van der Waals surface area contributed by atoms with Gasteiger partial charge in [0.25, 0.3) is 0 Å². The van der Waals surface area contributed by atoms with Crippen LogP contribution in [0.3, 0.4) is 0 Å². The highest BCUT2D eigenvalue weighted by Crippen LogP contribution is 2.31. The van der Waals surface area contributed by atoms with Crippen molar-refractivity contribution in [2.24, 2.45) is 0 Å². The van der Waals surface area contributed by atoms with Crippen molar-refractivity contribution in [1.29, 1.82) is 5.26 Å². The fourth-order valence-corrected chi connectivity index (χ4v) is 4.93. The Kier molecular flexibility index (Phi) is 8.75. The average molecular weight is 473 g/mol. The number of nitriles is 1. The molecular formula is C20H25F3N5O3S-. The number of ether oxygens (including phenoxy) is 1. The first-order valence-corrected chi connectivity index (χ1v) is 11.3. The van der Waals surface area contributed by atoms with Gasteiger partial charge in [0, 0.05) is 31.4 Å². The van der Waals surface area contributed by atoms with Crippen LogP contribution >= 0.6 is 11.8 Å². The number of rotatable bonds is 8. The second kappa shape index (κ2) is 11.3. The van der Waals surface area contributed by atoms with E-state index in [1.807, 2.05) is 24.3 Å². The van der Waals surface area contributed by atoms with E-state index in [1.165, 1.54) is 10.5 Å². The Hall–Kier alpha value is -1.88. The minimum atomic E-state index is -5.10. The Bertz CT molecular complexity index is 787. The van der Waals surface area contributed by atoms with Crippen molar-refractivity contribution in [2.45, 2.75) is 43.2 Å². The molecule has 8 nitrogen and oxygen atoms in total. The van der Waals surface area contributed by atoms with Crippen LogP contribution in [0, 0.1) is 16.5 Å². The molecular weight excluding hydrogens is 447 g/mol. The minimum absolute atomic E-state index is 0.0899. The van der Waals surface area contributed by atoms with Gasteiger partial charge in [-0.15, -0.1) is 0 Å². The third-order valence-corrected chi connectivity index (χ3v) is 6.59. The molecule has 2 aliphatic heterocycles. The summed E-state index contributed by atoms with van der Waals surface area (Å²) in [5, 5.41) is 22.5. The number of alkyl halides is 3. The molecule has 1 aromatic rings.